The summed E-state index contributed by atoms with van der Waals surface area (Å²) in [5, 5.41) is 20.1. The molecule has 0 aromatic carbocycles. The third-order valence-electron chi connectivity index (χ3n) is 1.80. The van der Waals surface area contributed by atoms with Gasteiger partial charge in [-0.15, -0.1) is 0 Å². The number of carbonyl (C=O) groups is 1. The van der Waals surface area contributed by atoms with Gasteiger partial charge < -0.3 is 20.3 Å². The number of anilines is 1. The van der Waals surface area contributed by atoms with E-state index in [1.807, 2.05) is 0 Å². The molecule has 0 amide bonds. The number of rotatable bonds is 7. The molecule has 0 atom stereocenters. The van der Waals surface area contributed by atoms with Gasteiger partial charge in [0.15, 0.2) is 0 Å². The molecule has 1 aromatic heterocycles. The SMILES string of the molecule is O=C(O)c1ccc(NCCOCCO)nc1. The molecule has 1 aromatic rings. The molecular formula is C10H14N2O4. The van der Waals surface area contributed by atoms with Crippen LogP contribution in [0.2, 0.25) is 0 Å². The van der Waals surface area contributed by atoms with Gasteiger partial charge in [0.25, 0.3) is 0 Å². The van der Waals surface area contributed by atoms with Crippen LogP contribution in [0, 0.1) is 0 Å². The van der Waals surface area contributed by atoms with Crippen LogP contribution in [0.3, 0.4) is 0 Å². The van der Waals surface area contributed by atoms with Crippen LogP contribution in [0.25, 0.3) is 0 Å². The molecule has 0 unspecified atom stereocenters. The van der Waals surface area contributed by atoms with Crippen LogP contribution >= 0.6 is 0 Å². The first kappa shape index (κ1) is 12.4. The van der Waals surface area contributed by atoms with Gasteiger partial charge in [-0.3, -0.25) is 0 Å². The number of carboxylic acid groups (broad SMARTS) is 1. The van der Waals surface area contributed by atoms with Gasteiger partial charge in [0.2, 0.25) is 0 Å². The van der Waals surface area contributed by atoms with Crippen molar-refractivity contribution >= 4 is 11.8 Å². The average molecular weight is 226 g/mol. The summed E-state index contributed by atoms with van der Waals surface area (Å²) >= 11 is 0. The quantitative estimate of drug-likeness (QED) is 0.575. The number of pyridine rings is 1. The van der Waals surface area contributed by atoms with E-state index >= 15 is 0 Å². The fraction of sp³-hybridized carbons (Fsp3) is 0.400. The van der Waals surface area contributed by atoms with E-state index < -0.39 is 5.97 Å². The normalized spacial score (nSPS) is 10.1. The molecule has 0 saturated heterocycles. The van der Waals surface area contributed by atoms with Gasteiger partial charge in [-0.2, -0.15) is 0 Å². The van der Waals surface area contributed by atoms with E-state index in [0.29, 0.717) is 25.6 Å². The molecule has 0 aliphatic rings. The minimum absolute atomic E-state index is 0.00551. The third-order valence-corrected chi connectivity index (χ3v) is 1.80. The summed E-state index contributed by atoms with van der Waals surface area (Å²) < 4.78 is 5.03. The lowest BCUT2D eigenvalue weighted by Crippen LogP contribution is -2.12. The Bertz CT molecular complexity index is 326. The van der Waals surface area contributed by atoms with Crippen molar-refractivity contribution in [2.75, 3.05) is 31.7 Å². The first-order chi connectivity index (χ1) is 7.74. The monoisotopic (exact) mass is 226 g/mol. The Morgan fingerprint density at radius 1 is 1.44 bits per heavy atom. The summed E-state index contributed by atoms with van der Waals surface area (Å²) in [7, 11) is 0. The lowest BCUT2D eigenvalue weighted by Gasteiger charge is -2.05. The van der Waals surface area contributed by atoms with Crippen molar-refractivity contribution in [3.05, 3.63) is 23.9 Å². The van der Waals surface area contributed by atoms with Crippen molar-refractivity contribution in [2.45, 2.75) is 0 Å². The molecule has 0 radical (unpaired) electrons. The number of carboxylic acids is 1. The summed E-state index contributed by atoms with van der Waals surface area (Å²) in [4.78, 5) is 14.5. The number of aromatic nitrogens is 1. The number of hydrogen-bond acceptors (Lipinski definition) is 5. The molecular weight excluding hydrogens is 212 g/mol. The Balaban J connectivity index is 2.29. The van der Waals surface area contributed by atoms with Gasteiger partial charge in [-0.05, 0) is 12.1 Å². The molecule has 0 fully saturated rings. The largest absolute Gasteiger partial charge is 0.478 e. The molecule has 0 bridgehead atoms. The second-order valence-electron chi connectivity index (χ2n) is 3.00. The number of ether oxygens (including phenoxy) is 1. The maximum atomic E-state index is 10.5. The predicted octanol–water partition coefficient (Wildman–Crippen LogP) is 0.201. The molecule has 88 valence electrons. The Morgan fingerprint density at radius 3 is 2.81 bits per heavy atom. The van der Waals surface area contributed by atoms with Crippen LogP contribution < -0.4 is 5.32 Å². The summed E-state index contributed by atoms with van der Waals surface area (Å²) in [6.45, 7) is 1.33. The number of nitrogens with zero attached hydrogens (tertiary/aromatic N) is 1. The maximum absolute atomic E-state index is 10.5. The van der Waals surface area contributed by atoms with Crippen LogP contribution in [-0.2, 0) is 4.74 Å². The first-order valence-corrected chi connectivity index (χ1v) is 4.86. The number of aliphatic hydroxyl groups excluding tert-OH is 1. The van der Waals surface area contributed by atoms with E-state index in [1.165, 1.54) is 12.3 Å². The van der Waals surface area contributed by atoms with Crippen molar-refractivity contribution < 1.29 is 19.7 Å². The van der Waals surface area contributed by atoms with Crippen LogP contribution in [0.4, 0.5) is 5.82 Å². The van der Waals surface area contributed by atoms with Crippen molar-refractivity contribution in [1.29, 1.82) is 0 Å². The van der Waals surface area contributed by atoms with E-state index in [-0.39, 0.29) is 12.2 Å². The summed E-state index contributed by atoms with van der Waals surface area (Å²) in [6, 6.07) is 3.07. The van der Waals surface area contributed by atoms with E-state index in [0.717, 1.165) is 0 Å². The Morgan fingerprint density at radius 2 is 2.25 bits per heavy atom. The standard InChI is InChI=1S/C10H14N2O4/c13-4-6-16-5-3-11-9-2-1-8(7-12-9)10(14)15/h1-2,7,13H,3-6H2,(H,11,12)(H,14,15). The molecule has 3 N–H and O–H groups in total. The Labute approximate surface area is 92.9 Å². The van der Waals surface area contributed by atoms with E-state index in [4.69, 9.17) is 14.9 Å². The molecule has 6 nitrogen and oxygen atoms in total. The second kappa shape index (κ2) is 6.76. The molecule has 0 spiro atoms. The maximum Gasteiger partial charge on any atom is 0.337 e. The van der Waals surface area contributed by atoms with E-state index in [1.54, 1.807) is 6.07 Å². The molecule has 1 heterocycles. The third kappa shape index (κ3) is 4.24. The fourth-order valence-electron chi connectivity index (χ4n) is 1.04. The van der Waals surface area contributed by atoms with Crippen LogP contribution in [0.15, 0.2) is 18.3 Å². The van der Waals surface area contributed by atoms with Crippen molar-refractivity contribution in [1.82, 2.24) is 4.98 Å². The van der Waals surface area contributed by atoms with Crippen molar-refractivity contribution in [2.24, 2.45) is 0 Å². The minimum atomic E-state index is -0.995. The van der Waals surface area contributed by atoms with Crippen molar-refractivity contribution in [3.63, 3.8) is 0 Å². The van der Waals surface area contributed by atoms with Gasteiger partial charge in [0.05, 0.1) is 25.4 Å². The van der Waals surface area contributed by atoms with Gasteiger partial charge in [0, 0.05) is 12.7 Å². The highest BCUT2D eigenvalue weighted by atomic mass is 16.5. The average Bonchev–Trinajstić information content (AvgIpc) is 2.29. The molecule has 6 heteroatoms. The summed E-state index contributed by atoms with van der Waals surface area (Å²) in [5.74, 6) is -0.400. The topological polar surface area (TPSA) is 91.7 Å². The lowest BCUT2D eigenvalue weighted by molar-refractivity contribution is 0.0696. The first-order valence-electron chi connectivity index (χ1n) is 4.86. The highest BCUT2D eigenvalue weighted by molar-refractivity contribution is 5.87. The van der Waals surface area contributed by atoms with E-state index in [9.17, 15) is 4.79 Å². The Kier molecular flexibility index (Phi) is 5.24. The van der Waals surface area contributed by atoms with Crippen molar-refractivity contribution in [3.8, 4) is 0 Å². The molecule has 0 saturated carbocycles. The number of nitrogens with one attached hydrogen (secondary N) is 1. The van der Waals surface area contributed by atoms with Gasteiger partial charge >= 0.3 is 5.97 Å². The number of hydrogen-bond donors (Lipinski definition) is 3. The lowest BCUT2D eigenvalue weighted by atomic mass is 10.3. The molecule has 16 heavy (non-hydrogen) atoms. The van der Waals surface area contributed by atoms with Crippen LogP contribution in [0.1, 0.15) is 10.4 Å². The number of aromatic carboxylic acids is 1. The fourth-order valence-corrected chi connectivity index (χ4v) is 1.04. The van der Waals surface area contributed by atoms with Gasteiger partial charge in [-0.25, -0.2) is 9.78 Å². The molecule has 1 rings (SSSR count). The van der Waals surface area contributed by atoms with E-state index in [2.05, 4.69) is 10.3 Å². The highest BCUT2D eigenvalue weighted by Gasteiger charge is 2.01. The zero-order chi connectivity index (χ0) is 11.8. The van der Waals surface area contributed by atoms with Crippen LogP contribution in [0.5, 0.6) is 0 Å². The molecule has 0 aliphatic carbocycles. The summed E-state index contributed by atoms with van der Waals surface area (Å²) in [6.07, 6.45) is 1.29. The highest BCUT2D eigenvalue weighted by Crippen LogP contribution is 2.04. The summed E-state index contributed by atoms with van der Waals surface area (Å²) in [5.41, 5.74) is 0.155. The van der Waals surface area contributed by atoms with Crippen LogP contribution in [-0.4, -0.2) is 47.5 Å². The second-order valence-corrected chi connectivity index (χ2v) is 3.00. The zero-order valence-electron chi connectivity index (χ0n) is 8.72. The van der Waals surface area contributed by atoms with Gasteiger partial charge in [0.1, 0.15) is 5.82 Å². The number of aliphatic hydroxyl groups is 1. The zero-order valence-corrected chi connectivity index (χ0v) is 8.72. The van der Waals surface area contributed by atoms with Gasteiger partial charge in [-0.1, -0.05) is 0 Å². The smallest absolute Gasteiger partial charge is 0.337 e. The predicted molar refractivity (Wildman–Crippen MR) is 57.6 cm³/mol. The minimum Gasteiger partial charge on any atom is -0.478 e. The Hall–Kier alpha value is -1.66. The molecule has 0 aliphatic heterocycles.